The molecule has 3 nitrogen and oxygen atoms in total. The Morgan fingerprint density at radius 1 is 1.53 bits per heavy atom. The molecule has 82 valence electrons. The van der Waals surface area contributed by atoms with Gasteiger partial charge in [0.1, 0.15) is 5.15 Å². The molecule has 1 aromatic rings. The largest absolute Gasteiger partial charge is 0.347 e. The van der Waals surface area contributed by atoms with Crippen molar-refractivity contribution in [2.45, 2.75) is 26.3 Å². The summed E-state index contributed by atoms with van der Waals surface area (Å²) in [5, 5.41) is 3.03. The molecule has 0 saturated heterocycles. The Bertz CT molecular complexity index is 387. The summed E-state index contributed by atoms with van der Waals surface area (Å²) in [6.45, 7) is 5.72. The molecule has 0 aliphatic carbocycles. The van der Waals surface area contributed by atoms with Gasteiger partial charge in [0.05, 0.1) is 5.56 Å². The number of hydrogen-bond donors (Lipinski definition) is 1. The van der Waals surface area contributed by atoms with Gasteiger partial charge in [-0.05, 0) is 42.8 Å². The van der Waals surface area contributed by atoms with Crippen molar-refractivity contribution in [3.63, 3.8) is 0 Å². The molecule has 1 heterocycles. The lowest BCUT2D eigenvalue weighted by Crippen LogP contribution is -2.40. The molecule has 0 aliphatic heterocycles. The van der Waals surface area contributed by atoms with Crippen LogP contribution in [0.3, 0.4) is 0 Å². The van der Waals surface area contributed by atoms with Crippen LogP contribution in [0, 0.1) is 0 Å². The first kappa shape index (κ1) is 12.5. The number of carbonyl (C=O) groups is 1. The van der Waals surface area contributed by atoms with Gasteiger partial charge in [-0.3, -0.25) is 4.79 Å². The molecular weight excluding hydrogens is 279 g/mol. The zero-order valence-electron chi connectivity index (χ0n) is 8.77. The van der Waals surface area contributed by atoms with Crippen molar-refractivity contribution in [2.24, 2.45) is 0 Å². The van der Waals surface area contributed by atoms with Crippen LogP contribution in [0.5, 0.6) is 0 Å². The normalized spacial score (nSPS) is 11.3. The first-order valence-electron chi connectivity index (χ1n) is 4.43. The van der Waals surface area contributed by atoms with E-state index in [1.807, 2.05) is 20.8 Å². The van der Waals surface area contributed by atoms with Crippen LogP contribution in [0.4, 0.5) is 0 Å². The quantitative estimate of drug-likeness (QED) is 0.808. The molecule has 1 aromatic heterocycles. The molecule has 0 radical (unpaired) electrons. The maximum absolute atomic E-state index is 11.8. The van der Waals surface area contributed by atoms with E-state index in [0.717, 1.165) is 4.47 Å². The fourth-order valence-electron chi connectivity index (χ4n) is 0.990. The molecular formula is C10H12BrClN2O. The third-order valence-corrected chi connectivity index (χ3v) is 2.27. The fraction of sp³-hybridized carbons (Fsp3) is 0.400. The lowest BCUT2D eigenvalue weighted by atomic mass is 10.1. The summed E-state index contributed by atoms with van der Waals surface area (Å²) in [6.07, 6.45) is 1.55. The predicted octanol–water partition coefficient (Wildman–Crippen LogP) is 3.03. The van der Waals surface area contributed by atoms with Gasteiger partial charge in [-0.15, -0.1) is 0 Å². The predicted molar refractivity (Wildman–Crippen MR) is 64.2 cm³/mol. The van der Waals surface area contributed by atoms with E-state index in [0.29, 0.717) is 5.56 Å². The summed E-state index contributed by atoms with van der Waals surface area (Å²) >= 11 is 9.07. The summed E-state index contributed by atoms with van der Waals surface area (Å²) in [5.41, 5.74) is 0.0869. The molecule has 1 amide bonds. The summed E-state index contributed by atoms with van der Waals surface area (Å²) in [6, 6.07) is 1.65. The molecule has 0 spiro atoms. The second-order valence-electron chi connectivity index (χ2n) is 4.20. The Morgan fingerprint density at radius 2 is 2.13 bits per heavy atom. The second kappa shape index (κ2) is 4.49. The van der Waals surface area contributed by atoms with Crippen molar-refractivity contribution < 1.29 is 4.79 Å². The van der Waals surface area contributed by atoms with Crippen LogP contribution in [0.2, 0.25) is 5.15 Å². The van der Waals surface area contributed by atoms with E-state index in [9.17, 15) is 4.79 Å². The number of amides is 1. The molecule has 1 rings (SSSR count). The molecule has 15 heavy (non-hydrogen) atoms. The lowest BCUT2D eigenvalue weighted by Gasteiger charge is -2.20. The number of halogens is 2. The molecule has 0 fully saturated rings. The molecule has 0 unspecified atom stereocenters. The summed E-state index contributed by atoms with van der Waals surface area (Å²) in [7, 11) is 0. The van der Waals surface area contributed by atoms with Gasteiger partial charge in [0.25, 0.3) is 5.91 Å². The number of nitrogens with one attached hydrogen (secondary N) is 1. The monoisotopic (exact) mass is 290 g/mol. The number of nitrogens with zero attached hydrogens (tertiary/aromatic N) is 1. The number of carbonyl (C=O) groups excluding carboxylic acids is 1. The van der Waals surface area contributed by atoms with Crippen molar-refractivity contribution in [1.82, 2.24) is 10.3 Å². The van der Waals surface area contributed by atoms with Gasteiger partial charge in [0.2, 0.25) is 0 Å². The van der Waals surface area contributed by atoms with Gasteiger partial charge in [0.15, 0.2) is 0 Å². The Morgan fingerprint density at radius 3 is 2.67 bits per heavy atom. The van der Waals surface area contributed by atoms with E-state index in [1.54, 1.807) is 12.3 Å². The minimum absolute atomic E-state index is 0.208. The van der Waals surface area contributed by atoms with E-state index in [1.165, 1.54) is 0 Å². The summed E-state index contributed by atoms with van der Waals surface area (Å²) in [5.74, 6) is -0.221. The van der Waals surface area contributed by atoms with E-state index in [2.05, 4.69) is 26.2 Å². The van der Waals surface area contributed by atoms with Gasteiger partial charge in [-0.2, -0.15) is 0 Å². The smallest absolute Gasteiger partial charge is 0.254 e. The number of hydrogen-bond acceptors (Lipinski definition) is 2. The average molecular weight is 292 g/mol. The van der Waals surface area contributed by atoms with E-state index in [4.69, 9.17) is 11.6 Å². The third-order valence-electron chi connectivity index (χ3n) is 1.54. The van der Waals surface area contributed by atoms with Crippen LogP contribution < -0.4 is 5.32 Å². The van der Waals surface area contributed by atoms with Crippen LogP contribution in [0.15, 0.2) is 16.7 Å². The highest BCUT2D eigenvalue weighted by Crippen LogP contribution is 2.18. The van der Waals surface area contributed by atoms with Crippen molar-refractivity contribution in [3.05, 3.63) is 27.5 Å². The molecule has 0 atom stereocenters. The van der Waals surface area contributed by atoms with Crippen molar-refractivity contribution in [3.8, 4) is 0 Å². The van der Waals surface area contributed by atoms with Gasteiger partial charge in [-0.1, -0.05) is 11.6 Å². The zero-order valence-corrected chi connectivity index (χ0v) is 11.1. The Labute approximate surface area is 102 Å². The Hall–Kier alpha value is -0.610. The van der Waals surface area contributed by atoms with Crippen molar-refractivity contribution >= 4 is 33.4 Å². The molecule has 0 saturated carbocycles. The van der Waals surface area contributed by atoms with Crippen LogP contribution >= 0.6 is 27.5 Å². The highest BCUT2D eigenvalue weighted by molar-refractivity contribution is 9.10. The second-order valence-corrected chi connectivity index (χ2v) is 5.47. The Balaban J connectivity index is 2.96. The lowest BCUT2D eigenvalue weighted by molar-refractivity contribution is 0.0919. The van der Waals surface area contributed by atoms with E-state index in [-0.39, 0.29) is 16.6 Å². The maximum atomic E-state index is 11.8. The summed E-state index contributed by atoms with van der Waals surface area (Å²) in [4.78, 5) is 15.7. The van der Waals surface area contributed by atoms with E-state index < -0.39 is 0 Å². The highest BCUT2D eigenvalue weighted by atomic mass is 79.9. The van der Waals surface area contributed by atoms with Gasteiger partial charge >= 0.3 is 0 Å². The first-order valence-corrected chi connectivity index (χ1v) is 5.60. The van der Waals surface area contributed by atoms with E-state index >= 15 is 0 Å². The van der Waals surface area contributed by atoms with Crippen molar-refractivity contribution in [2.75, 3.05) is 0 Å². The molecule has 5 heteroatoms. The van der Waals surface area contributed by atoms with Crippen LogP contribution in [-0.4, -0.2) is 16.4 Å². The van der Waals surface area contributed by atoms with Gasteiger partial charge in [0, 0.05) is 16.2 Å². The van der Waals surface area contributed by atoms with Crippen LogP contribution in [-0.2, 0) is 0 Å². The minimum Gasteiger partial charge on any atom is -0.347 e. The molecule has 0 bridgehead atoms. The zero-order chi connectivity index (χ0) is 11.6. The third kappa shape index (κ3) is 3.80. The highest BCUT2D eigenvalue weighted by Gasteiger charge is 2.18. The van der Waals surface area contributed by atoms with Crippen LogP contribution in [0.1, 0.15) is 31.1 Å². The SMILES string of the molecule is CC(C)(C)NC(=O)c1cc(Br)cnc1Cl. The standard InChI is InChI=1S/C10H12BrClN2O/c1-10(2,3)14-9(15)7-4-6(11)5-13-8(7)12/h4-5H,1-3H3,(H,14,15). The number of rotatable bonds is 1. The number of pyridine rings is 1. The topological polar surface area (TPSA) is 42.0 Å². The first-order chi connectivity index (χ1) is 6.79. The molecule has 1 N–H and O–H groups in total. The maximum Gasteiger partial charge on any atom is 0.254 e. The fourth-order valence-corrected chi connectivity index (χ4v) is 1.51. The Kier molecular flexibility index (Phi) is 3.73. The van der Waals surface area contributed by atoms with Crippen molar-refractivity contribution in [1.29, 1.82) is 0 Å². The minimum atomic E-state index is -0.289. The molecule has 0 aliphatic rings. The van der Waals surface area contributed by atoms with Crippen LogP contribution in [0.25, 0.3) is 0 Å². The van der Waals surface area contributed by atoms with Gasteiger partial charge in [-0.25, -0.2) is 4.98 Å². The van der Waals surface area contributed by atoms with Gasteiger partial charge < -0.3 is 5.32 Å². The summed E-state index contributed by atoms with van der Waals surface area (Å²) < 4.78 is 0.728. The molecule has 0 aromatic carbocycles. The number of aromatic nitrogens is 1. The average Bonchev–Trinajstić information content (AvgIpc) is 2.06.